The zero-order chi connectivity index (χ0) is 12.8. The van der Waals surface area contributed by atoms with Gasteiger partial charge in [-0.05, 0) is 50.9 Å². The Bertz CT molecular complexity index is 400. The number of hydrogen-bond donors (Lipinski definition) is 2. The zero-order valence-electron chi connectivity index (χ0n) is 10.9. The molecule has 1 saturated heterocycles. The Labute approximate surface area is 108 Å². The third-order valence-corrected chi connectivity index (χ3v) is 3.29. The first-order chi connectivity index (χ1) is 8.74. The van der Waals surface area contributed by atoms with Crippen molar-refractivity contribution in [1.82, 2.24) is 15.6 Å². The van der Waals surface area contributed by atoms with Crippen LogP contribution in [-0.2, 0) is 11.3 Å². The molecule has 18 heavy (non-hydrogen) atoms. The molecule has 1 fully saturated rings. The van der Waals surface area contributed by atoms with Crippen molar-refractivity contribution in [3.8, 4) is 0 Å². The van der Waals surface area contributed by atoms with E-state index in [1.54, 1.807) is 0 Å². The van der Waals surface area contributed by atoms with E-state index in [2.05, 4.69) is 15.6 Å². The van der Waals surface area contributed by atoms with Crippen LogP contribution in [0.5, 0.6) is 0 Å². The van der Waals surface area contributed by atoms with Crippen LogP contribution in [0.15, 0.2) is 18.2 Å². The minimum absolute atomic E-state index is 0.131. The van der Waals surface area contributed by atoms with Crippen LogP contribution in [0.2, 0.25) is 0 Å². The molecular weight excluding hydrogens is 226 g/mol. The lowest BCUT2D eigenvalue weighted by Crippen LogP contribution is -2.34. The van der Waals surface area contributed by atoms with Gasteiger partial charge in [-0.3, -0.25) is 9.78 Å². The maximum absolute atomic E-state index is 11.8. The van der Waals surface area contributed by atoms with E-state index in [0.29, 0.717) is 18.9 Å². The van der Waals surface area contributed by atoms with Gasteiger partial charge in [-0.15, -0.1) is 0 Å². The van der Waals surface area contributed by atoms with Gasteiger partial charge in [0.2, 0.25) is 5.91 Å². The summed E-state index contributed by atoms with van der Waals surface area (Å²) in [5.74, 6) is 0.622. The van der Waals surface area contributed by atoms with Gasteiger partial charge in [0.25, 0.3) is 0 Å². The highest BCUT2D eigenvalue weighted by atomic mass is 16.1. The second kappa shape index (κ2) is 6.50. The maximum atomic E-state index is 11.8. The van der Waals surface area contributed by atoms with E-state index in [1.807, 2.05) is 25.1 Å². The molecule has 0 aromatic carbocycles. The van der Waals surface area contributed by atoms with Crippen LogP contribution in [0, 0.1) is 12.8 Å². The molecule has 0 bridgehead atoms. The van der Waals surface area contributed by atoms with E-state index in [-0.39, 0.29) is 5.91 Å². The second-order valence-electron chi connectivity index (χ2n) is 4.96. The molecular formula is C14H21N3O. The highest BCUT2D eigenvalue weighted by molar-refractivity contribution is 5.76. The number of rotatable bonds is 4. The first-order valence-electron chi connectivity index (χ1n) is 6.64. The van der Waals surface area contributed by atoms with E-state index in [1.165, 1.54) is 6.42 Å². The predicted molar refractivity (Wildman–Crippen MR) is 71.0 cm³/mol. The lowest BCUT2D eigenvalue weighted by Gasteiger charge is -2.22. The lowest BCUT2D eigenvalue weighted by molar-refractivity contribution is -0.122. The molecule has 2 N–H and O–H groups in total. The molecule has 1 aromatic rings. The van der Waals surface area contributed by atoms with Crippen LogP contribution < -0.4 is 10.6 Å². The van der Waals surface area contributed by atoms with Crippen LogP contribution in [0.3, 0.4) is 0 Å². The Morgan fingerprint density at radius 1 is 1.56 bits per heavy atom. The summed E-state index contributed by atoms with van der Waals surface area (Å²) >= 11 is 0. The summed E-state index contributed by atoms with van der Waals surface area (Å²) < 4.78 is 0. The van der Waals surface area contributed by atoms with E-state index in [0.717, 1.165) is 30.9 Å². The van der Waals surface area contributed by atoms with Gasteiger partial charge in [0.05, 0.1) is 12.2 Å². The Morgan fingerprint density at radius 2 is 2.44 bits per heavy atom. The van der Waals surface area contributed by atoms with Crippen molar-refractivity contribution in [3.63, 3.8) is 0 Å². The average Bonchev–Trinajstić information content (AvgIpc) is 2.38. The van der Waals surface area contributed by atoms with Crippen molar-refractivity contribution in [2.24, 2.45) is 5.92 Å². The van der Waals surface area contributed by atoms with Crippen molar-refractivity contribution in [3.05, 3.63) is 29.6 Å². The summed E-state index contributed by atoms with van der Waals surface area (Å²) in [7, 11) is 0. The quantitative estimate of drug-likeness (QED) is 0.845. The zero-order valence-corrected chi connectivity index (χ0v) is 10.9. The topological polar surface area (TPSA) is 54.0 Å². The molecule has 4 nitrogen and oxygen atoms in total. The number of carbonyl (C=O) groups is 1. The summed E-state index contributed by atoms with van der Waals surface area (Å²) in [6, 6.07) is 5.86. The van der Waals surface area contributed by atoms with Gasteiger partial charge in [0, 0.05) is 12.1 Å². The average molecular weight is 247 g/mol. The molecule has 1 aliphatic heterocycles. The molecule has 1 atom stereocenters. The monoisotopic (exact) mass is 247 g/mol. The minimum atomic E-state index is 0.131. The number of pyridine rings is 1. The van der Waals surface area contributed by atoms with E-state index >= 15 is 0 Å². The Balaban J connectivity index is 1.74. The number of hydrogen-bond acceptors (Lipinski definition) is 3. The molecule has 1 aliphatic rings. The standard InChI is InChI=1S/C14H21N3O/c1-11-4-2-6-13(17-11)10-16-14(18)8-12-5-3-7-15-9-12/h2,4,6,12,15H,3,5,7-10H2,1H3,(H,16,18). The highest BCUT2D eigenvalue weighted by Crippen LogP contribution is 2.13. The van der Waals surface area contributed by atoms with E-state index in [9.17, 15) is 4.79 Å². The molecule has 1 aromatic heterocycles. The van der Waals surface area contributed by atoms with Gasteiger partial charge in [0.15, 0.2) is 0 Å². The van der Waals surface area contributed by atoms with Crippen LogP contribution in [0.25, 0.3) is 0 Å². The molecule has 0 saturated carbocycles. The van der Waals surface area contributed by atoms with Crippen molar-refractivity contribution >= 4 is 5.91 Å². The minimum Gasteiger partial charge on any atom is -0.350 e. The number of amides is 1. The van der Waals surface area contributed by atoms with Gasteiger partial charge in [0.1, 0.15) is 0 Å². The fraction of sp³-hybridized carbons (Fsp3) is 0.571. The van der Waals surface area contributed by atoms with E-state index < -0.39 is 0 Å². The first-order valence-corrected chi connectivity index (χ1v) is 6.64. The van der Waals surface area contributed by atoms with Crippen LogP contribution in [0.4, 0.5) is 0 Å². The summed E-state index contributed by atoms with van der Waals surface area (Å²) in [4.78, 5) is 16.2. The van der Waals surface area contributed by atoms with Crippen LogP contribution >= 0.6 is 0 Å². The van der Waals surface area contributed by atoms with Gasteiger partial charge in [-0.25, -0.2) is 0 Å². The molecule has 0 aliphatic carbocycles. The van der Waals surface area contributed by atoms with Crippen molar-refractivity contribution < 1.29 is 4.79 Å². The van der Waals surface area contributed by atoms with Gasteiger partial charge in [-0.1, -0.05) is 6.07 Å². The normalized spacial score (nSPS) is 19.5. The fourth-order valence-corrected chi connectivity index (χ4v) is 2.32. The number of carbonyl (C=O) groups excluding carboxylic acids is 1. The molecule has 0 spiro atoms. The fourth-order valence-electron chi connectivity index (χ4n) is 2.32. The Hall–Kier alpha value is -1.42. The summed E-state index contributed by atoms with van der Waals surface area (Å²) in [5, 5.41) is 6.27. The SMILES string of the molecule is Cc1cccc(CNC(=O)CC2CCCNC2)n1. The molecule has 1 amide bonds. The predicted octanol–water partition coefficient (Wildman–Crippen LogP) is 1.40. The third-order valence-electron chi connectivity index (χ3n) is 3.29. The molecule has 1 unspecified atom stereocenters. The van der Waals surface area contributed by atoms with Gasteiger partial charge >= 0.3 is 0 Å². The summed E-state index contributed by atoms with van der Waals surface area (Å²) in [6.07, 6.45) is 2.96. The van der Waals surface area contributed by atoms with Gasteiger partial charge in [-0.2, -0.15) is 0 Å². The van der Waals surface area contributed by atoms with Crippen molar-refractivity contribution in [2.75, 3.05) is 13.1 Å². The molecule has 2 heterocycles. The second-order valence-corrected chi connectivity index (χ2v) is 4.96. The molecule has 0 radical (unpaired) electrons. The number of nitrogens with zero attached hydrogens (tertiary/aromatic N) is 1. The summed E-state index contributed by atoms with van der Waals surface area (Å²) in [6.45, 7) is 4.54. The smallest absolute Gasteiger partial charge is 0.220 e. The molecule has 98 valence electrons. The summed E-state index contributed by atoms with van der Waals surface area (Å²) in [5.41, 5.74) is 1.91. The van der Waals surface area contributed by atoms with Gasteiger partial charge < -0.3 is 10.6 Å². The largest absolute Gasteiger partial charge is 0.350 e. The Morgan fingerprint density at radius 3 is 3.17 bits per heavy atom. The molecule has 2 rings (SSSR count). The first kappa shape index (κ1) is 13.0. The number of aromatic nitrogens is 1. The van der Waals surface area contributed by atoms with Crippen LogP contribution in [0.1, 0.15) is 30.7 Å². The third kappa shape index (κ3) is 4.11. The number of nitrogens with one attached hydrogen (secondary N) is 2. The molecule has 4 heteroatoms. The highest BCUT2D eigenvalue weighted by Gasteiger charge is 2.16. The van der Waals surface area contributed by atoms with Crippen molar-refractivity contribution in [1.29, 1.82) is 0 Å². The lowest BCUT2D eigenvalue weighted by atomic mass is 9.96. The number of aryl methyl sites for hydroxylation is 1. The maximum Gasteiger partial charge on any atom is 0.220 e. The number of piperidine rings is 1. The Kier molecular flexibility index (Phi) is 4.70. The van der Waals surface area contributed by atoms with Crippen molar-refractivity contribution in [2.45, 2.75) is 32.7 Å². The van der Waals surface area contributed by atoms with E-state index in [4.69, 9.17) is 0 Å². The van der Waals surface area contributed by atoms with Crippen LogP contribution in [-0.4, -0.2) is 24.0 Å².